The van der Waals surface area contributed by atoms with E-state index in [0.717, 1.165) is 59.6 Å². The molecule has 196 valence electrons. The molecule has 0 unspecified atom stereocenters. The zero-order chi connectivity index (χ0) is 26.5. The van der Waals surface area contributed by atoms with E-state index >= 15 is 0 Å². The molecule has 38 heavy (non-hydrogen) atoms. The molecule has 0 saturated heterocycles. The number of amides is 1. The van der Waals surface area contributed by atoms with Gasteiger partial charge in [-0.05, 0) is 93.1 Å². The number of carbonyl (C=O) groups excluding carboxylic acids is 2. The number of oxazole rings is 1. The number of nitrogens with one attached hydrogen (secondary N) is 1. The Balaban J connectivity index is 1.04. The normalized spacial score (nSPS) is 17.3. The fourth-order valence-corrected chi connectivity index (χ4v) is 5.04. The summed E-state index contributed by atoms with van der Waals surface area (Å²) in [5.74, 6) is 2.85. The number of hydrogen-bond acceptors (Lipinski definition) is 5. The number of benzene rings is 3. The SMILES string of the molecule is Cc1nc(C2CCC(Oc3ccc(C(=O)CCCNC(=O)c4ccc5ccccc5c4)cc3)CC2)oc1C. The number of hydrogen-bond donors (Lipinski definition) is 1. The molecule has 1 aromatic heterocycles. The summed E-state index contributed by atoms with van der Waals surface area (Å²) in [6.07, 6.45) is 5.03. The second-order valence-electron chi connectivity index (χ2n) is 10.2. The van der Waals surface area contributed by atoms with Gasteiger partial charge in [-0.1, -0.05) is 30.3 Å². The number of rotatable bonds is 9. The average Bonchev–Trinajstić information content (AvgIpc) is 3.29. The lowest BCUT2D eigenvalue weighted by Gasteiger charge is -2.27. The van der Waals surface area contributed by atoms with Crippen molar-refractivity contribution in [3.63, 3.8) is 0 Å². The molecule has 0 atom stereocenters. The maximum absolute atomic E-state index is 12.6. The molecule has 1 aliphatic carbocycles. The van der Waals surface area contributed by atoms with Crippen LogP contribution in [0, 0.1) is 13.8 Å². The van der Waals surface area contributed by atoms with Gasteiger partial charge in [0.15, 0.2) is 11.7 Å². The van der Waals surface area contributed by atoms with Crippen LogP contribution in [0.15, 0.2) is 71.1 Å². The summed E-state index contributed by atoms with van der Waals surface area (Å²) in [5, 5.41) is 5.06. The van der Waals surface area contributed by atoms with Gasteiger partial charge in [0.05, 0.1) is 11.8 Å². The lowest BCUT2D eigenvalue weighted by Crippen LogP contribution is -2.24. The molecule has 0 radical (unpaired) electrons. The van der Waals surface area contributed by atoms with Crippen molar-refractivity contribution in [3.8, 4) is 5.75 Å². The van der Waals surface area contributed by atoms with Gasteiger partial charge >= 0.3 is 0 Å². The van der Waals surface area contributed by atoms with Crippen molar-refractivity contribution in [3.05, 3.63) is 95.2 Å². The first-order valence-corrected chi connectivity index (χ1v) is 13.5. The highest BCUT2D eigenvalue weighted by atomic mass is 16.5. The van der Waals surface area contributed by atoms with Crippen LogP contribution < -0.4 is 10.1 Å². The largest absolute Gasteiger partial charge is 0.490 e. The summed E-state index contributed by atoms with van der Waals surface area (Å²) in [6.45, 7) is 4.39. The monoisotopic (exact) mass is 510 g/mol. The highest BCUT2D eigenvalue weighted by Crippen LogP contribution is 2.35. The topological polar surface area (TPSA) is 81.4 Å². The number of carbonyl (C=O) groups is 2. The molecule has 0 aliphatic heterocycles. The molecule has 4 aromatic rings. The summed E-state index contributed by atoms with van der Waals surface area (Å²) in [7, 11) is 0. The molecule has 1 amide bonds. The number of aromatic nitrogens is 1. The predicted octanol–water partition coefficient (Wildman–Crippen LogP) is 6.94. The van der Waals surface area contributed by atoms with E-state index in [1.165, 1.54) is 0 Å². The Morgan fingerprint density at radius 1 is 0.921 bits per heavy atom. The number of ketones is 1. The Kier molecular flexibility index (Phi) is 7.87. The molecule has 1 N–H and O–H groups in total. The third-order valence-electron chi connectivity index (χ3n) is 7.43. The summed E-state index contributed by atoms with van der Waals surface area (Å²) in [6, 6.07) is 21.0. The summed E-state index contributed by atoms with van der Waals surface area (Å²) in [4.78, 5) is 29.7. The second-order valence-corrected chi connectivity index (χ2v) is 10.2. The summed E-state index contributed by atoms with van der Waals surface area (Å²) >= 11 is 0. The van der Waals surface area contributed by atoms with Crippen LogP contribution in [0.1, 0.15) is 82.5 Å². The third kappa shape index (κ3) is 6.13. The first-order chi connectivity index (χ1) is 18.5. The molecule has 6 nitrogen and oxygen atoms in total. The fraction of sp³-hybridized carbons (Fsp3) is 0.344. The molecule has 0 bridgehead atoms. The maximum Gasteiger partial charge on any atom is 0.251 e. The lowest BCUT2D eigenvalue weighted by atomic mass is 9.87. The van der Waals surface area contributed by atoms with Crippen molar-refractivity contribution >= 4 is 22.5 Å². The quantitative estimate of drug-likeness (QED) is 0.195. The minimum absolute atomic E-state index is 0.0635. The van der Waals surface area contributed by atoms with Gasteiger partial charge in [0, 0.05) is 30.0 Å². The third-order valence-corrected chi connectivity index (χ3v) is 7.43. The van der Waals surface area contributed by atoms with Gasteiger partial charge < -0.3 is 14.5 Å². The Labute approximate surface area is 223 Å². The van der Waals surface area contributed by atoms with Gasteiger partial charge in [-0.2, -0.15) is 0 Å². The maximum atomic E-state index is 12.6. The summed E-state index contributed by atoms with van der Waals surface area (Å²) in [5.41, 5.74) is 2.26. The molecule has 1 fully saturated rings. The van der Waals surface area contributed by atoms with E-state index in [0.29, 0.717) is 36.4 Å². The molecule has 5 rings (SSSR count). The van der Waals surface area contributed by atoms with Crippen LogP contribution in [0.2, 0.25) is 0 Å². The number of nitrogens with zero attached hydrogens (tertiary/aromatic N) is 1. The van der Waals surface area contributed by atoms with Crippen molar-refractivity contribution in [2.45, 2.75) is 64.4 Å². The van der Waals surface area contributed by atoms with E-state index in [4.69, 9.17) is 9.15 Å². The van der Waals surface area contributed by atoms with E-state index in [9.17, 15) is 9.59 Å². The Morgan fingerprint density at radius 3 is 2.34 bits per heavy atom. The lowest BCUT2D eigenvalue weighted by molar-refractivity contribution is 0.0938. The first-order valence-electron chi connectivity index (χ1n) is 13.5. The van der Waals surface area contributed by atoms with Crippen LogP contribution in [0.4, 0.5) is 0 Å². The van der Waals surface area contributed by atoms with Crippen LogP contribution in [0.3, 0.4) is 0 Å². The van der Waals surface area contributed by atoms with Gasteiger partial charge in [-0.3, -0.25) is 9.59 Å². The molecule has 1 aliphatic rings. The van der Waals surface area contributed by atoms with Crippen molar-refractivity contribution < 1.29 is 18.7 Å². The van der Waals surface area contributed by atoms with Crippen LogP contribution in [-0.4, -0.2) is 29.3 Å². The summed E-state index contributed by atoms with van der Waals surface area (Å²) < 4.78 is 12.0. The number of fused-ring (bicyclic) bond motifs is 1. The van der Waals surface area contributed by atoms with Crippen LogP contribution in [0.25, 0.3) is 10.8 Å². The molecular weight excluding hydrogens is 476 g/mol. The van der Waals surface area contributed by atoms with E-state index in [1.54, 1.807) is 0 Å². The van der Waals surface area contributed by atoms with Crippen molar-refractivity contribution in [1.82, 2.24) is 10.3 Å². The zero-order valence-electron chi connectivity index (χ0n) is 22.0. The van der Waals surface area contributed by atoms with E-state index in [-0.39, 0.29) is 17.8 Å². The van der Waals surface area contributed by atoms with Crippen molar-refractivity contribution in [1.29, 1.82) is 0 Å². The molecule has 1 saturated carbocycles. The molecule has 1 heterocycles. The minimum atomic E-state index is -0.121. The van der Waals surface area contributed by atoms with E-state index < -0.39 is 0 Å². The van der Waals surface area contributed by atoms with Crippen LogP contribution in [-0.2, 0) is 0 Å². The van der Waals surface area contributed by atoms with Gasteiger partial charge in [0.2, 0.25) is 0 Å². The van der Waals surface area contributed by atoms with Gasteiger partial charge in [0.25, 0.3) is 5.91 Å². The highest BCUT2D eigenvalue weighted by Gasteiger charge is 2.27. The van der Waals surface area contributed by atoms with Crippen molar-refractivity contribution in [2.24, 2.45) is 0 Å². The van der Waals surface area contributed by atoms with Gasteiger partial charge in [-0.15, -0.1) is 0 Å². The van der Waals surface area contributed by atoms with Gasteiger partial charge in [-0.25, -0.2) is 4.98 Å². The number of aryl methyl sites for hydroxylation is 2. The number of Topliss-reactive ketones (excluding diaryl/α,β-unsaturated/α-hetero) is 1. The Morgan fingerprint density at radius 2 is 1.63 bits per heavy atom. The van der Waals surface area contributed by atoms with E-state index in [1.807, 2.05) is 80.6 Å². The molecular formula is C32H34N2O4. The van der Waals surface area contributed by atoms with Crippen LogP contribution in [0.5, 0.6) is 5.75 Å². The molecule has 6 heteroatoms. The Hall–Kier alpha value is -3.93. The smallest absolute Gasteiger partial charge is 0.251 e. The zero-order valence-corrected chi connectivity index (χ0v) is 22.0. The molecule has 0 spiro atoms. The predicted molar refractivity (Wildman–Crippen MR) is 148 cm³/mol. The van der Waals surface area contributed by atoms with E-state index in [2.05, 4.69) is 10.3 Å². The van der Waals surface area contributed by atoms with Crippen LogP contribution >= 0.6 is 0 Å². The average molecular weight is 511 g/mol. The number of ether oxygens (including phenoxy) is 1. The first kappa shape index (κ1) is 25.7. The second kappa shape index (κ2) is 11.6. The minimum Gasteiger partial charge on any atom is -0.490 e. The van der Waals surface area contributed by atoms with Crippen molar-refractivity contribution in [2.75, 3.05) is 6.54 Å². The Bertz CT molecular complexity index is 1400. The highest BCUT2D eigenvalue weighted by molar-refractivity contribution is 5.99. The standard InChI is InChI=1S/C32H34N2O4/c1-21-22(2)37-32(34-21)25-13-17-29(18-14-25)38-28-15-11-24(12-16-28)30(35)8-5-19-33-31(36)27-10-9-23-6-3-4-7-26(23)20-27/h3-4,6-7,9-12,15-16,20,25,29H,5,8,13-14,17-19H2,1-2H3,(H,33,36). The fourth-order valence-electron chi connectivity index (χ4n) is 5.04. The van der Waals surface area contributed by atoms with Gasteiger partial charge in [0.1, 0.15) is 11.5 Å². The molecule has 3 aromatic carbocycles.